The highest BCUT2D eigenvalue weighted by Crippen LogP contribution is 2.26. The minimum atomic E-state index is -0.182. The molecule has 2 amide bonds. The first kappa shape index (κ1) is 21.6. The van der Waals surface area contributed by atoms with E-state index in [1.54, 1.807) is 23.9 Å². The zero-order chi connectivity index (χ0) is 21.7. The number of para-hydroxylation sites is 1. The molecule has 7 heteroatoms. The Labute approximate surface area is 181 Å². The number of benzene rings is 2. The molecular formula is C23H25ClN4O2. The summed E-state index contributed by atoms with van der Waals surface area (Å²) in [7, 11) is 1.63. The van der Waals surface area contributed by atoms with Gasteiger partial charge in [0.25, 0.3) is 0 Å². The average molecular weight is 425 g/mol. The number of hydrogen-bond donors (Lipinski definition) is 1. The third kappa shape index (κ3) is 5.48. The topological polar surface area (TPSA) is 67.2 Å². The van der Waals surface area contributed by atoms with Crippen LogP contribution in [-0.4, -0.2) is 46.1 Å². The quantitative estimate of drug-likeness (QED) is 0.628. The Balaban J connectivity index is 1.87. The number of amides is 2. The normalized spacial score (nSPS) is 10.8. The predicted molar refractivity (Wildman–Crippen MR) is 119 cm³/mol. The van der Waals surface area contributed by atoms with E-state index in [0.717, 1.165) is 16.8 Å². The van der Waals surface area contributed by atoms with Crippen LogP contribution in [0.25, 0.3) is 16.9 Å². The van der Waals surface area contributed by atoms with Gasteiger partial charge < -0.3 is 10.2 Å². The maximum absolute atomic E-state index is 12.8. The van der Waals surface area contributed by atoms with Crippen molar-refractivity contribution in [3.05, 3.63) is 71.4 Å². The Morgan fingerprint density at radius 3 is 2.40 bits per heavy atom. The molecule has 0 aliphatic heterocycles. The molecule has 0 saturated carbocycles. The van der Waals surface area contributed by atoms with Crippen LogP contribution in [0, 0.1) is 0 Å². The number of carbonyl (C=O) groups is 2. The van der Waals surface area contributed by atoms with Crippen LogP contribution < -0.4 is 5.32 Å². The van der Waals surface area contributed by atoms with Gasteiger partial charge in [-0.25, -0.2) is 4.68 Å². The van der Waals surface area contributed by atoms with Gasteiger partial charge in [0.1, 0.15) is 0 Å². The second kappa shape index (κ2) is 9.59. The van der Waals surface area contributed by atoms with Crippen LogP contribution in [0.1, 0.15) is 19.4 Å². The molecule has 0 atom stereocenters. The minimum Gasteiger partial charge on any atom is -0.352 e. The van der Waals surface area contributed by atoms with Gasteiger partial charge in [-0.3, -0.25) is 9.59 Å². The standard InChI is InChI=1S/C23H25ClN4O2/c1-16(2)25-21(29)15-27(3)22(30)13-18-14-28(20-7-5-4-6-8-20)26-23(18)17-9-11-19(24)12-10-17/h4-12,14,16H,13,15H2,1-3H3,(H,25,29). The van der Waals surface area contributed by atoms with Crippen LogP contribution in [-0.2, 0) is 16.0 Å². The Bertz CT molecular complexity index is 1010. The lowest BCUT2D eigenvalue weighted by Gasteiger charge is -2.18. The predicted octanol–water partition coefficient (Wildman–Crippen LogP) is 3.72. The van der Waals surface area contributed by atoms with Crippen LogP contribution in [0.4, 0.5) is 0 Å². The highest BCUT2D eigenvalue weighted by atomic mass is 35.5. The largest absolute Gasteiger partial charge is 0.352 e. The number of hydrogen-bond acceptors (Lipinski definition) is 3. The van der Waals surface area contributed by atoms with Crippen LogP contribution >= 0.6 is 11.6 Å². The first-order chi connectivity index (χ1) is 14.3. The van der Waals surface area contributed by atoms with Crippen LogP contribution in [0.2, 0.25) is 5.02 Å². The van der Waals surface area contributed by atoms with Crippen molar-refractivity contribution < 1.29 is 9.59 Å². The number of nitrogens with zero attached hydrogens (tertiary/aromatic N) is 3. The molecule has 1 aromatic heterocycles. The molecular weight excluding hydrogens is 400 g/mol. The summed E-state index contributed by atoms with van der Waals surface area (Å²) in [6, 6.07) is 17.1. The van der Waals surface area contributed by atoms with Crippen molar-refractivity contribution in [2.45, 2.75) is 26.3 Å². The fraction of sp³-hybridized carbons (Fsp3) is 0.261. The van der Waals surface area contributed by atoms with Crippen molar-refractivity contribution in [2.75, 3.05) is 13.6 Å². The Morgan fingerprint density at radius 2 is 1.77 bits per heavy atom. The van der Waals surface area contributed by atoms with Gasteiger partial charge in [-0.1, -0.05) is 41.9 Å². The molecule has 0 aliphatic rings. The molecule has 3 rings (SSSR count). The zero-order valence-corrected chi connectivity index (χ0v) is 18.1. The van der Waals surface area contributed by atoms with Gasteiger partial charge in [0.2, 0.25) is 11.8 Å². The SMILES string of the molecule is CC(C)NC(=O)CN(C)C(=O)Cc1cn(-c2ccccc2)nc1-c1ccc(Cl)cc1. The van der Waals surface area contributed by atoms with E-state index in [4.69, 9.17) is 16.7 Å². The molecule has 2 aromatic carbocycles. The zero-order valence-electron chi connectivity index (χ0n) is 17.3. The van der Waals surface area contributed by atoms with Gasteiger partial charge in [-0.15, -0.1) is 0 Å². The fourth-order valence-corrected chi connectivity index (χ4v) is 3.20. The molecule has 1 N–H and O–H groups in total. The number of aromatic nitrogens is 2. The lowest BCUT2D eigenvalue weighted by atomic mass is 10.1. The third-order valence-corrected chi connectivity index (χ3v) is 4.78. The number of halogens is 1. The molecule has 6 nitrogen and oxygen atoms in total. The molecule has 156 valence electrons. The van der Waals surface area contributed by atoms with E-state index in [1.807, 2.05) is 62.5 Å². The monoisotopic (exact) mass is 424 g/mol. The molecule has 0 aliphatic carbocycles. The molecule has 0 spiro atoms. The smallest absolute Gasteiger partial charge is 0.239 e. The summed E-state index contributed by atoms with van der Waals surface area (Å²) in [6.45, 7) is 3.78. The van der Waals surface area contributed by atoms with Gasteiger partial charge in [-0.05, 0) is 38.1 Å². The highest BCUT2D eigenvalue weighted by Gasteiger charge is 2.19. The van der Waals surface area contributed by atoms with Gasteiger partial charge >= 0.3 is 0 Å². The molecule has 0 unspecified atom stereocenters. The minimum absolute atomic E-state index is 0.0140. The van der Waals surface area contributed by atoms with Crippen molar-refractivity contribution in [2.24, 2.45) is 0 Å². The molecule has 0 fully saturated rings. The molecule has 3 aromatic rings. The molecule has 30 heavy (non-hydrogen) atoms. The summed E-state index contributed by atoms with van der Waals surface area (Å²) in [5, 5.41) is 8.15. The third-order valence-electron chi connectivity index (χ3n) is 4.53. The summed E-state index contributed by atoms with van der Waals surface area (Å²) >= 11 is 6.03. The van der Waals surface area contributed by atoms with Crippen LogP contribution in [0.3, 0.4) is 0 Å². The van der Waals surface area contributed by atoms with Crippen molar-refractivity contribution in [3.8, 4) is 16.9 Å². The Morgan fingerprint density at radius 1 is 1.10 bits per heavy atom. The first-order valence-corrected chi connectivity index (χ1v) is 10.1. The van der Waals surface area contributed by atoms with E-state index in [0.29, 0.717) is 10.7 Å². The summed E-state index contributed by atoms with van der Waals surface area (Å²) < 4.78 is 1.76. The van der Waals surface area contributed by atoms with Gasteiger partial charge in [0.05, 0.1) is 24.3 Å². The average Bonchev–Trinajstić information content (AvgIpc) is 3.12. The summed E-state index contributed by atoms with van der Waals surface area (Å²) in [6.07, 6.45) is 2.00. The van der Waals surface area contributed by atoms with E-state index in [2.05, 4.69) is 5.32 Å². The number of rotatable bonds is 7. The van der Waals surface area contributed by atoms with E-state index in [-0.39, 0.29) is 30.8 Å². The molecule has 1 heterocycles. The van der Waals surface area contributed by atoms with Crippen LogP contribution in [0.15, 0.2) is 60.8 Å². The molecule has 0 saturated heterocycles. The fourth-order valence-electron chi connectivity index (χ4n) is 3.07. The van der Waals surface area contributed by atoms with Crippen molar-refractivity contribution >= 4 is 23.4 Å². The van der Waals surface area contributed by atoms with E-state index in [1.165, 1.54) is 4.90 Å². The van der Waals surface area contributed by atoms with Crippen molar-refractivity contribution in [1.82, 2.24) is 20.0 Å². The van der Waals surface area contributed by atoms with Gasteiger partial charge in [0.15, 0.2) is 0 Å². The van der Waals surface area contributed by atoms with E-state index < -0.39 is 0 Å². The second-order valence-electron chi connectivity index (χ2n) is 7.44. The van der Waals surface area contributed by atoms with Gasteiger partial charge in [0, 0.05) is 35.4 Å². The van der Waals surface area contributed by atoms with E-state index >= 15 is 0 Å². The number of carbonyl (C=O) groups excluding carboxylic acids is 2. The lowest BCUT2D eigenvalue weighted by molar-refractivity contribution is -0.134. The summed E-state index contributed by atoms with van der Waals surface area (Å²) in [4.78, 5) is 26.2. The number of nitrogens with one attached hydrogen (secondary N) is 1. The van der Waals surface area contributed by atoms with Crippen LogP contribution in [0.5, 0.6) is 0 Å². The summed E-state index contributed by atoms with van der Waals surface area (Å²) in [5.41, 5.74) is 3.26. The van der Waals surface area contributed by atoms with Crippen molar-refractivity contribution in [3.63, 3.8) is 0 Å². The maximum atomic E-state index is 12.8. The lowest BCUT2D eigenvalue weighted by Crippen LogP contribution is -2.41. The Kier molecular flexibility index (Phi) is 6.90. The second-order valence-corrected chi connectivity index (χ2v) is 7.88. The van der Waals surface area contributed by atoms with Gasteiger partial charge in [-0.2, -0.15) is 5.10 Å². The highest BCUT2D eigenvalue weighted by molar-refractivity contribution is 6.30. The van der Waals surface area contributed by atoms with Crippen molar-refractivity contribution in [1.29, 1.82) is 0 Å². The number of likely N-dealkylation sites (N-methyl/N-ethyl adjacent to an activating group) is 1. The Hall–Kier alpha value is -3.12. The maximum Gasteiger partial charge on any atom is 0.239 e. The van der Waals surface area contributed by atoms with E-state index in [9.17, 15) is 9.59 Å². The molecule has 0 radical (unpaired) electrons. The molecule has 0 bridgehead atoms. The summed E-state index contributed by atoms with van der Waals surface area (Å²) in [5.74, 6) is -0.338. The first-order valence-electron chi connectivity index (χ1n) is 9.76.